The lowest BCUT2D eigenvalue weighted by Crippen LogP contribution is -2.31. The maximum absolute atomic E-state index is 14.2. The number of esters is 2. The highest BCUT2D eigenvalue weighted by molar-refractivity contribution is 5.76. The maximum Gasteiger partial charge on any atom is 0.351 e. The van der Waals surface area contributed by atoms with Gasteiger partial charge in [-0.25, -0.2) is 14.0 Å². The lowest BCUT2D eigenvalue weighted by Gasteiger charge is -2.16. The zero-order valence-electron chi connectivity index (χ0n) is 15.8. The molecule has 0 aromatic carbocycles. The topological polar surface area (TPSA) is 135 Å². The van der Waals surface area contributed by atoms with Crippen molar-refractivity contribution in [2.24, 2.45) is 0 Å². The van der Waals surface area contributed by atoms with Crippen molar-refractivity contribution in [1.29, 1.82) is 0 Å². The van der Waals surface area contributed by atoms with Crippen LogP contribution < -0.4 is 16.7 Å². The number of anilines is 1. The van der Waals surface area contributed by atoms with Crippen LogP contribution in [0.3, 0.4) is 0 Å². The van der Waals surface area contributed by atoms with Crippen LogP contribution in [0.25, 0.3) is 0 Å². The van der Waals surface area contributed by atoms with Crippen LogP contribution >= 0.6 is 0 Å². The van der Waals surface area contributed by atoms with Gasteiger partial charge in [-0.05, 0) is 6.07 Å². The van der Waals surface area contributed by atoms with Gasteiger partial charge in [-0.2, -0.15) is 4.98 Å². The minimum absolute atomic E-state index is 0.0228. The quantitative estimate of drug-likeness (QED) is 0.546. The molecule has 0 radical (unpaired) electrons. The van der Waals surface area contributed by atoms with E-state index in [0.717, 1.165) is 4.57 Å². The highest BCUT2D eigenvalue weighted by atomic mass is 19.1. The number of halogens is 1. The van der Waals surface area contributed by atoms with Crippen molar-refractivity contribution < 1.29 is 28.2 Å². The summed E-state index contributed by atoms with van der Waals surface area (Å²) in [6.07, 6.45) is -2.01. The lowest BCUT2D eigenvalue weighted by atomic mass is 10.2. The lowest BCUT2D eigenvalue weighted by molar-refractivity contribution is -0.161. The fourth-order valence-electron chi connectivity index (χ4n) is 2.57. The molecule has 1 aliphatic heterocycles. The zero-order valence-corrected chi connectivity index (χ0v) is 15.8. The molecule has 1 aromatic heterocycles. The van der Waals surface area contributed by atoms with Gasteiger partial charge in [0.15, 0.2) is 12.8 Å². The first-order valence-corrected chi connectivity index (χ1v) is 8.95. The molecule has 2 heterocycles. The summed E-state index contributed by atoms with van der Waals surface area (Å²) in [5.41, 5.74) is 4.67. The molecule has 1 fully saturated rings. The molecule has 10 nitrogen and oxygen atoms in total. The van der Waals surface area contributed by atoms with Gasteiger partial charge in [0.1, 0.15) is 18.6 Å². The molecule has 1 saturated heterocycles. The molecule has 0 saturated carbocycles. The predicted molar refractivity (Wildman–Crippen MR) is 96.0 cm³/mol. The summed E-state index contributed by atoms with van der Waals surface area (Å²) in [6, 6.07) is 1.60. The number of carbonyl (C=O) groups excluding carboxylic acids is 2. The van der Waals surface area contributed by atoms with Crippen LogP contribution in [0.2, 0.25) is 0 Å². The van der Waals surface area contributed by atoms with Gasteiger partial charge in [0, 0.05) is 25.2 Å². The van der Waals surface area contributed by atoms with Crippen LogP contribution in [0.4, 0.5) is 10.2 Å². The third-order valence-corrected chi connectivity index (χ3v) is 3.92. The number of aromatic nitrogens is 2. The first kappa shape index (κ1) is 21.8. The number of nitrogens with one attached hydrogen (secondary N) is 1. The molecule has 0 unspecified atom stereocenters. The molecule has 0 bridgehead atoms. The molecule has 0 aliphatic carbocycles. The smallest absolute Gasteiger partial charge is 0.351 e. The molecular weight excluding hydrogens is 375 g/mol. The summed E-state index contributed by atoms with van der Waals surface area (Å²) in [6.45, 7) is 3.58. The second-order valence-corrected chi connectivity index (χ2v) is 6.65. The van der Waals surface area contributed by atoms with E-state index in [9.17, 15) is 18.8 Å². The molecule has 156 valence electrons. The standard InChI is InChI=1S/C17H25FN4O6/c1-10(2)20-5-3-14(23)27-9-15(24)26-8-11-7-12(18)16(28-11)22-6-4-13(19)21-17(22)25/h4,6,10-12,16,20H,3,5,7-9H2,1-2H3,(H2,19,21,25)/t11-,12-,16+/m0/s1. The second kappa shape index (κ2) is 10.1. The van der Waals surface area contributed by atoms with Crippen LogP contribution in [0.1, 0.15) is 32.9 Å². The van der Waals surface area contributed by atoms with E-state index in [0.29, 0.717) is 6.54 Å². The number of nitrogen functional groups attached to an aromatic ring is 1. The predicted octanol–water partition coefficient (Wildman–Crippen LogP) is -0.0744. The molecule has 28 heavy (non-hydrogen) atoms. The Balaban J connectivity index is 1.72. The summed E-state index contributed by atoms with van der Waals surface area (Å²) in [5, 5.41) is 3.05. The van der Waals surface area contributed by atoms with E-state index in [1.165, 1.54) is 12.3 Å². The Labute approximate surface area is 161 Å². The average Bonchev–Trinajstić information content (AvgIpc) is 2.98. The van der Waals surface area contributed by atoms with Gasteiger partial charge in [-0.3, -0.25) is 9.36 Å². The van der Waals surface area contributed by atoms with E-state index in [2.05, 4.69) is 10.3 Å². The van der Waals surface area contributed by atoms with Crippen LogP contribution in [0.5, 0.6) is 0 Å². The van der Waals surface area contributed by atoms with Gasteiger partial charge in [0.05, 0.1) is 12.5 Å². The number of alkyl halides is 1. The molecule has 2 rings (SSSR count). The van der Waals surface area contributed by atoms with Gasteiger partial charge in [-0.1, -0.05) is 13.8 Å². The number of hydrogen-bond acceptors (Lipinski definition) is 9. The normalized spacial score (nSPS) is 21.6. The van der Waals surface area contributed by atoms with Crippen molar-refractivity contribution in [3.8, 4) is 0 Å². The summed E-state index contributed by atoms with van der Waals surface area (Å²) in [7, 11) is 0. The van der Waals surface area contributed by atoms with Crippen LogP contribution in [-0.2, 0) is 23.8 Å². The number of ether oxygens (including phenoxy) is 3. The summed E-state index contributed by atoms with van der Waals surface area (Å²) < 4.78 is 30.4. The Bertz CT molecular complexity index is 741. The van der Waals surface area contributed by atoms with E-state index >= 15 is 0 Å². The van der Waals surface area contributed by atoms with Gasteiger partial charge in [0.25, 0.3) is 0 Å². The van der Waals surface area contributed by atoms with Crippen LogP contribution in [0, 0.1) is 0 Å². The number of rotatable bonds is 9. The van der Waals surface area contributed by atoms with Crippen LogP contribution in [-0.4, -0.2) is 59.6 Å². The first-order valence-electron chi connectivity index (χ1n) is 8.95. The number of nitrogens with two attached hydrogens (primary N) is 1. The Morgan fingerprint density at radius 1 is 1.43 bits per heavy atom. The average molecular weight is 400 g/mol. The number of nitrogens with zero attached hydrogens (tertiary/aromatic N) is 2. The fourth-order valence-corrected chi connectivity index (χ4v) is 2.57. The van der Waals surface area contributed by atoms with E-state index in [1.54, 1.807) is 0 Å². The van der Waals surface area contributed by atoms with Crippen molar-refractivity contribution >= 4 is 17.8 Å². The second-order valence-electron chi connectivity index (χ2n) is 6.65. The first-order chi connectivity index (χ1) is 13.3. The third-order valence-electron chi connectivity index (χ3n) is 3.92. The highest BCUT2D eigenvalue weighted by Crippen LogP contribution is 2.30. The Hall–Kier alpha value is -2.53. The van der Waals surface area contributed by atoms with E-state index in [1.807, 2.05) is 13.8 Å². The largest absolute Gasteiger partial charge is 0.460 e. The molecule has 3 atom stereocenters. The molecule has 1 aromatic rings. The van der Waals surface area contributed by atoms with Crippen LogP contribution in [0.15, 0.2) is 17.1 Å². The summed E-state index contributed by atoms with van der Waals surface area (Å²) >= 11 is 0. The fraction of sp³-hybridized carbons (Fsp3) is 0.647. The molecule has 3 N–H and O–H groups in total. The summed E-state index contributed by atoms with van der Waals surface area (Å²) in [5.74, 6) is -1.27. The maximum atomic E-state index is 14.2. The molecule has 0 spiro atoms. The molecule has 1 aliphatic rings. The minimum Gasteiger partial charge on any atom is -0.460 e. The van der Waals surface area contributed by atoms with Crippen molar-refractivity contribution in [3.63, 3.8) is 0 Å². The summed E-state index contributed by atoms with van der Waals surface area (Å²) in [4.78, 5) is 38.5. The Morgan fingerprint density at radius 2 is 2.18 bits per heavy atom. The van der Waals surface area contributed by atoms with E-state index < -0.39 is 42.7 Å². The zero-order chi connectivity index (χ0) is 20.7. The Morgan fingerprint density at radius 3 is 2.86 bits per heavy atom. The van der Waals surface area contributed by atoms with Crippen molar-refractivity contribution in [2.45, 2.75) is 51.2 Å². The molecular formula is C17H25FN4O6. The highest BCUT2D eigenvalue weighted by Gasteiger charge is 2.38. The third kappa shape index (κ3) is 6.57. The minimum atomic E-state index is -1.47. The van der Waals surface area contributed by atoms with Gasteiger partial charge in [-0.15, -0.1) is 0 Å². The van der Waals surface area contributed by atoms with Crippen molar-refractivity contribution in [2.75, 3.05) is 25.5 Å². The Kier molecular flexibility index (Phi) is 7.88. The van der Waals surface area contributed by atoms with Crippen molar-refractivity contribution in [1.82, 2.24) is 14.9 Å². The van der Waals surface area contributed by atoms with Gasteiger partial charge >= 0.3 is 17.6 Å². The van der Waals surface area contributed by atoms with E-state index in [4.69, 9.17) is 19.9 Å². The monoisotopic (exact) mass is 400 g/mol. The van der Waals surface area contributed by atoms with Crippen molar-refractivity contribution in [3.05, 3.63) is 22.7 Å². The SMILES string of the molecule is CC(C)NCCC(=O)OCC(=O)OC[C@@H]1C[C@H](F)[C@H](n2ccc(N)nc2=O)O1. The number of carbonyl (C=O) groups is 2. The number of hydrogen-bond donors (Lipinski definition) is 2. The molecule has 0 amide bonds. The van der Waals surface area contributed by atoms with Gasteiger partial charge in [0.2, 0.25) is 0 Å². The van der Waals surface area contributed by atoms with E-state index in [-0.39, 0.29) is 31.3 Å². The van der Waals surface area contributed by atoms with Gasteiger partial charge < -0.3 is 25.3 Å². The molecule has 11 heteroatoms.